The molecular formula is C22H30O3. The first-order valence-corrected chi connectivity index (χ1v) is 9.75. The van der Waals surface area contributed by atoms with E-state index in [1.165, 1.54) is 11.1 Å². The molecule has 3 saturated carbocycles. The fraction of sp³-hybridized carbons (Fsp3) is 0.682. The summed E-state index contributed by atoms with van der Waals surface area (Å²) in [7, 11) is 0. The van der Waals surface area contributed by atoms with Crippen molar-refractivity contribution in [2.75, 3.05) is 6.61 Å². The Morgan fingerprint density at radius 2 is 2.12 bits per heavy atom. The molecule has 0 spiro atoms. The average Bonchev–Trinajstić information content (AvgIpc) is 2.86. The van der Waals surface area contributed by atoms with E-state index >= 15 is 0 Å². The molecule has 136 valence electrons. The Kier molecular flexibility index (Phi) is 3.90. The van der Waals surface area contributed by atoms with Gasteiger partial charge < -0.3 is 10.2 Å². The van der Waals surface area contributed by atoms with Crippen molar-refractivity contribution >= 4 is 5.78 Å². The molecule has 0 saturated heterocycles. The highest BCUT2D eigenvalue weighted by atomic mass is 16.3. The van der Waals surface area contributed by atoms with Crippen LogP contribution in [-0.4, -0.2) is 28.7 Å². The Morgan fingerprint density at radius 1 is 1.36 bits per heavy atom. The van der Waals surface area contributed by atoms with Crippen molar-refractivity contribution < 1.29 is 15.0 Å². The zero-order chi connectivity index (χ0) is 18.0. The molecule has 0 aromatic rings. The van der Waals surface area contributed by atoms with Gasteiger partial charge in [-0.25, -0.2) is 0 Å². The predicted molar refractivity (Wildman–Crippen MR) is 97.7 cm³/mol. The quantitative estimate of drug-likeness (QED) is 0.718. The van der Waals surface area contributed by atoms with Crippen LogP contribution in [0.15, 0.2) is 35.5 Å². The first-order chi connectivity index (χ1) is 11.8. The molecule has 3 heteroatoms. The summed E-state index contributed by atoms with van der Waals surface area (Å²) in [5.41, 5.74) is 2.36. The first kappa shape index (κ1) is 17.2. The van der Waals surface area contributed by atoms with Gasteiger partial charge in [-0.05, 0) is 61.0 Å². The van der Waals surface area contributed by atoms with Crippen LogP contribution in [0.1, 0.15) is 46.5 Å². The highest BCUT2D eigenvalue weighted by Crippen LogP contribution is 2.66. The molecule has 0 aromatic carbocycles. The summed E-state index contributed by atoms with van der Waals surface area (Å²) < 4.78 is 0. The van der Waals surface area contributed by atoms with Crippen LogP contribution >= 0.6 is 0 Å². The molecule has 4 aliphatic carbocycles. The molecule has 4 rings (SSSR count). The van der Waals surface area contributed by atoms with E-state index in [9.17, 15) is 15.0 Å². The standard InChI is InChI=1S/C22H30O3/c1-13-10-16-17-5-4-14(7-9-23)22(17,3)12-19(25)20(16)21(2)8-6-15(24)11-18(13)21/h6-8,11,13,16-17,19-20,23,25H,4-5,9-10,12H2,1-3H3/t13-,16-,17-,19-,20+,21-,22+/m0/s1. The summed E-state index contributed by atoms with van der Waals surface area (Å²) in [5.74, 6) is 1.67. The SMILES string of the molecule is C[C@H]1C[C@@H]2[C@H]([C@@H](O)C[C@]3(C)C(=CCO)CC[C@@H]23)[C@@]2(C)C=CC(=O)C=C12. The van der Waals surface area contributed by atoms with Crippen LogP contribution in [0.4, 0.5) is 0 Å². The number of ketones is 1. The number of rotatable bonds is 1. The number of hydrogen-bond donors (Lipinski definition) is 2. The van der Waals surface area contributed by atoms with E-state index in [4.69, 9.17) is 0 Å². The number of hydrogen-bond acceptors (Lipinski definition) is 3. The smallest absolute Gasteiger partial charge is 0.178 e. The topological polar surface area (TPSA) is 57.5 Å². The van der Waals surface area contributed by atoms with Gasteiger partial charge in [0.2, 0.25) is 0 Å². The Labute approximate surface area is 150 Å². The fourth-order valence-corrected chi connectivity index (χ4v) is 7.04. The molecule has 3 nitrogen and oxygen atoms in total. The van der Waals surface area contributed by atoms with Gasteiger partial charge in [0.15, 0.2) is 5.78 Å². The minimum absolute atomic E-state index is 0.00874. The lowest BCUT2D eigenvalue weighted by atomic mass is 9.46. The fourth-order valence-electron chi connectivity index (χ4n) is 7.04. The van der Waals surface area contributed by atoms with Crippen LogP contribution in [-0.2, 0) is 4.79 Å². The van der Waals surface area contributed by atoms with E-state index < -0.39 is 0 Å². The molecule has 4 aliphatic rings. The van der Waals surface area contributed by atoms with Crippen LogP contribution in [0.5, 0.6) is 0 Å². The van der Waals surface area contributed by atoms with Gasteiger partial charge in [0.25, 0.3) is 0 Å². The van der Waals surface area contributed by atoms with E-state index in [1.807, 2.05) is 12.2 Å². The van der Waals surface area contributed by atoms with E-state index in [-0.39, 0.29) is 35.2 Å². The molecule has 0 heterocycles. The van der Waals surface area contributed by atoms with Gasteiger partial charge in [-0.15, -0.1) is 0 Å². The Morgan fingerprint density at radius 3 is 2.84 bits per heavy atom. The van der Waals surface area contributed by atoms with Crippen molar-refractivity contribution in [1.82, 2.24) is 0 Å². The monoisotopic (exact) mass is 342 g/mol. The molecule has 25 heavy (non-hydrogen) atoms. The third-order valence-corrected chi connectivity index (χ3v) is 8.00. The number of carbonyl (C=O) groups is 1. The van der Waals surface area contributed by atoms with Crippen LogP contribution in [0.2, 0.25) is 0 Å². The maximum Gasteiger partial charge on any atom is 0.178 e. The number of fused-ring (bicyclic) bond motifs is 5. The summed E-state index contributed by atoms with van der Waals surface area (Å²) in [6.45, 7) is 6.85. The third kappa shape index (κ3) is 2.28. The molecule has 7 atom stereocenters. The first-order valence-electron chi connectivity index (χ1n) is 9.75. The summed E-state index contributed by atoms with van der Waals surface area (Å²) >= 11 is 0. The molecule has 0 radical (unpaired) electrons. The van der Waals surface area contributed by atoms with Crippen LogP contribution in [0.3, 0.4) is 0 Å². The van der Waals surface area contributed by atoms with Crippen LogP contribution < -0.4 is 0 Å². The molecule has 0 aromatic heterocycles. The number of aliphatic hydroxyl groups excluding tert-OH is 2. The normalized spacial score (nSPS) is 50.3. The van der Waals surface area contributed by atoms with E-state index in [0.717, 1.165) is 25.7 Å². The largest absolute Gasteiger partial charge is 0.393 e. The maximum atomic E-state index is 11.9. The molecule has 0 bridgehead atoms. The van der Waals surface area contributed by atoms with Crippen molar-refractivity contribution in [1.29, 1.82) is 0 Å². The maximum absolute atomic E-state index is 11.9. The molecule has 2 N–H and O–H groups in total. The predicted octanol–water partition coefficient (Wildman–Crippen LogP) is 3.43. The van der Waals surface area contributed by atoms with Crippen LogP contribution in [0, 0.1) is 34.5 Å². The van der Waals surface area contributed by atoms with E-state index in [0.29, 0.717) is 17.8 Å². The minimum Gasteiger partial charge on any atom is -0.393 e. The molecular weight excluding hydrogens is 312 g/mol. The van der Waals surface area contributed by atoms with Gasteiger partial charge in [-0.3, -0.25) is 4.79 Å². The molecule has 3 fully saturated rings. The Balaban J connectivity index is 1.77. The van der Waals surface area contributed by atoms with E-state index in [1.54, 1.807) is 6.08 Å². The van der Waals surface area contributed by atoms with Gasteiger partial charge in [0.1, 0.15) is 0 Å². The average molecular weight is 342 g/mol. The third-order valence-electron chi connectivity index (χ3n) is 8.00. The zero-order valence-electron chi connectivity index (χ0n) is 15.5. The lowest BCUT2D eigenvalue weighted by molar-refractivity contribution is -0.113. The zero-order valence-corrected chi connectivity index (χ0v) is 15.5. The Hall–Kier alpha value is -1.19. The lowest BCUT2D eigenvalue weighted by Gasteiger charge is -2.59. The summed E-state index contributed by atoms with van der Waals surface area (Å²) in [6, 6.07) is 0. The van der Waals surface area contributed by atoms with Gasteiger partial charge in [-0.2, -0.15) is 0 Å². The second-order valence-corrected chi connectivity index (χ2v) is 9.19. The molecule has 0 amide bonds. The summed E-state index contributed by atoms with van der Waals surface area (Å²) in [6.07, 6.45) is 11.2. The Bertz CT molecular complexity index is 687. The minimum atomic E-state index is -0.370. The van der Waals surface area contributed by atoms with Crippen molar-refractivity contribution in [3.8, 4) is 0 Å². The van der Waals surface area contributed by atoms with Crippen molar-refractivity contribution in [3.05, 3.63) is 35.5 Å². The van der Waals surface area contributed by atoms with Crippen molar-refractivity contribution in [3.63, 3.8) is 0 Å². The van der Waals surface area contributed by atoms with Crippen molar-refractivity contribution in [2.24, 2.45) is 34.5 Å². The molecule has 0 unspecified atom stereocenters. The van der Waals surface area contributed by atoms with Gasteiger partial charge >= 0.3 is 0 Å². The highest BCUT2D eigenvalue weighted by molar-refractivity contribution is 6.01. The lowest BCUT2D eigenvalue weighted by Crippen LogP contribution is -2.56. The van der Waals surface area contributed by atoms with Crippen LogP contribution in [0.25, 0.3) is 0 Å². The van der Waals surface area contributed by atoms with Gasteiger partial charge in [-0.1, -0.05) is 44.1 Å². The second kappa shape index (κ2) is 5.65. The summed E-state index contributed by atoms with van der Waals surface area (Å²) in [4.78, 5) is 11.9. The van der Waals surface area contributed by atoms with Gasteiger partial charge in [0.05, 0.1) is 12.7 Å². The molecule has 0 aliphatic heterocycles. The number of aliphatic hydroxyl groups is 2. The van der Waals surface area contributed by atoms with E-state index in [2.05, 4.69) is 26.8 Å². The number of allylic oxidation sites excluding steroid dienone is 5. The summed E-state index contributed by atoms with van der Waals surface area (Å²) in [5, 5.41) is 20.6. The highest BCUT2D eigenvalue weighted by Gasteiger charge is 2.61. The van der Waals surface area contributed by atoms with Gasteiger partial charge in [0, 0.05) is 11.3 Å². The second-order valence-electron chi connectivity index (χ2n) is 9.19. The number of carbonyl (C=O) groups excluding carboxylic acids is 1. The van der Waals surface area contributed by atoms with Crippen molar-refractivity contribution in [2.45, 2.75) is 52.6 Å².